The van der Waals surface area contributed by atoms with Gasteiger partial charge in [-0.1, -0.05) is 17.7 Å². The first-order valence-corrected chi connectivity index (χ1v) is 8.69. The molecule has 0 spiro atoms. The van der Waals surface area contributed by atoms with Crippen LogP contribution in [0.15, 0.2) is 12.1 Å². The van der Waals surface area contributed by atoms with E-state index in [4.69, 9.17) is 4.74 Å². The first kappa shape index (κ1) is 21.0. The molecule has 0 aliphatic heterocycles. The number of carbonyl (C=O) groups is 2. The summed E-state index contributed by atoms with van der Waals surface area (Å²) in [7, 11) is 1.61. The van der Waals surface area contributed by atoms with Crippen LogP contribution in [0.3, 0.4) is 0 Å². The number of ether oxygens (including phenoxy) is 1. The zero-order valence-electron chi connectivity index (χ0n) is 16.2. The molecule has 0 aliphatic rings. The Hall–Kier alpha value is -2.08. The quantitative estimate of drug-likeness (QED) is 0.709. The van der Waals surface area contributed by atoms with E-state index in [1.807, 2.05) is 46.8 Å². The lowest BCUT2D eigenvalue weighted by Crippen LogP contribution is -2.42. The van der Waals surface area contributed by atoms with Gasteiger partial charge in [0.05, 0.1) is 6.10 Å². The highest BCUT2D eigenvalue weighted by Gasteiger charge is 2.14. The standard InChI is InChI=1S/C19H31N3O3/c1-13(2)25-9-7-8-20-19(24)22(6)12-17(23)21-18-15(4)10-14(3)11-16(18)5/h10-11,13H,7-9,12H2,1-6H3,(H,20,24)(H,21,23). The predicted octanol–water partition coefficient (Wildman–Crippen LogP) is 3.01. The summed E-state index contributed by atoms with van der Waals surface area (Å²) in [6, 6.07) is 3.79. The summed E-state index contributed by atoms with van der Waals surface area (Å²) < 4.78 is 5.42. The molecule has 0 bridgehead atoms. The number of benzene rings is 1. The molecule has 1 aromatic rings. The van der Waals surface area contributed by atoms with Crippen molar-refractivity contribution in [1.29, 1.82) is 0 Å². The van der Waals surface area contributed by atoms with Gasteiger partial charge in [0.1, 0.15) is 6.54 Å². The number of nitrogens with one attached hydrogen (secondary N) is 2. The molecule has 1 rings (SSSR count). The van der Waals surface area contributed by atoms with Gasteiger partial charge in [-0.05, 0) is 52.2 Å². The normalized spacial score (nSPS) is 10.7. The number of rotatable bonds is 8. The number of amides is 3. The Bertz CT molecular complexity index is 577. The van der Waals surface area contributed by atoms with Crippen molar-refractivity contribution in [2.24, 2.45) is 0 Å². The maximum absolute atomic E-state index is 12.2. The third-order valence-corrected chi connectivity index (χ3v) is 3.72. The van der Waals surface area contributed by atoms with Crippen LogP contribution in [-0.4, -0.2) is 49.7 Å². The number of anilines is 1. The van der Waals surface area contributed by atoms with Gasteiger partial charge in [-0.3, -0.25) is 4.79 Å². The Morgan fingerprint density at radius 3 is 2.32 bits per heavy atom. The first-order valence-electron chi connectivity index (χ1n) is 8.69. The molecule has 0 unspecified atom stereocenters. The maximum Gasteiger partial charge on any atom is 0.317 e. The molecule has 0 aliphatic carbocycles. The lowest BCUT2D eigenvalue weighted by Gasteiger charge is -2.19. The first-order chi connectivity index (χ1) is 11.7. The average Bonchev–Trinajstić information content (AvgIpc) is 2.49. The lowest BCUT2D eigenvalue weighted by molar-refractivity contribution is -0.116. The molecule has 25 heavy (non-hydrogen) atoms. The number of carbonyl (C=O) groups excluding carboxylic acids is 2. The summed E-state index contributed by atoms with van der Waals surface area (Å²) in [5.74, 6) is -0.212. The van der Waals surface area contributed by atoms with Gasteiger partial charge in [-0.25, -0.2) is 4.79 Å². The molecule has 0 aromatic heterocycles. The molecule has 0 heterocycles. The van der Waals surface area contributed by atoms with E-state index in [0.29, 0.717) is 13.2 Å². The largest absolute Gasteiger partial charge is 0.379 e. The monoisotopic (exact) mass is 349 g/mol. The van der Waals surface area contributed by atoms with Crippen LogP contribution in [0.2, 0.25) is 0 Å². The van der Waals surface area contributed by atoms with Crippen molar-refractivity contribution < 1.29 is 14.3 Å². The van der Waals surface area contributed by atoms with Gasteiger partial charge in [0.15, 0.2) is 0 Å². The van der Waals surface area contributed by atoms with E-state index in [1.54, 1.807) is 7.05 Å². The Balaban J connectivity index is 2.42. The molecule has 6 heteroatoms. The lowest BCUT2D eigenvalue weighted by atomic mass is 10.1. The van der Waals surface area contributed by atoms with Crippen LogP contribution in [0.5, 0.6) is 0 Å². The minimum absolute atomic E-state index is 0.00108. The fourth-order valence-corrected chi connectivity index (χ4v) is 2.56. The van der Waals surface area contributed by atoms with Crippen molar-refractivity contribution in [3.05, 3.63) is 28.8 Å². The topological polar surface area (TPSA) is 70.7 Å². The highest BCUT2D eigenvalue weighted by molar-refractivity contribution is 5.95. The molecule has 2 N–H and O–H groups in total. The minimum atomic E-state index is -0.267. The smallest absolute Gasteiger partial charge is 0.317 e. The van der Waals surface area contributed by atoms with Crippen LogP contribution >= 0.6 is 0 Å². The van der Waals surface area contributed by atoms with E-state index >= 15 is 0 Å². The van der Waals surface area contributed by atoms with Crippen molar-refractivity contribution >= 4 is 17.6 Å². The summed E-state index contributed by atoms with van der Waals surface area (Å²) in [4.78, 5) is 25.6. The summed E-state index contributed by atoms with van der Waals surface area (Å²) in [5.41, 5.74) is 4.01. The Morgan fingerprint density at radius 1 is 1.16 bits per heavy atom. The van der Waals surface area contributed by atoms with Crippen LogP contribution in [0, 0.1) is 20.8 Å². The van der Waals surface area contributed by atoms with Crippen molar-refractivity contribution in [3.8, 4) is 0 Å². The highest BCUT2D eigenvalue weighted by atomic mass is 16.5. The minimum Gasteiger partial charge on any atom is -0.379 e. The van der Waals surface area contributed by atoms with E-state index in [-0.39, 0.29) is 24.6 Å². The van der Waals surface area contributed by atoms with E-state index < -0.39 is 0 Å². The van der Waals surface area contributed by atoms with E-state index in [2.05, 4.69) is 10.6 Å². The second kappa shape index (κ2) is 10.0. The van der Waals surface area contributed by atoms with Gasteiger partial charge < -0.3 is 20.3 Å². The summed E-state index contributed by atoms with van der Waals surface area (Å²) in [6.07, 6.45) is 0.932. The van der Waals surface area contributed by atoms with Crippen LogP contribution in [-0.2, 0) is 9.53 Å². The number of aryl methyl sites for hydroxylation is 3. The van der Waals surface area contributed by atoms with E-state index in [9.17, 15) is 9.59 Å². The van der Waals surface area contributed by atoms with E-state index in [1.165, 1.54) is 4.90 Å². The predicted molar refractivity (Wildman–Crippen MR) is 101 cm³/mol. The summed E-state index contributed by atoms with van der Waals surface area (Å²) in [6.45, 7) is 11.0. The summed E-state index contributed by atoms with van der Waals surface area (Å²) in [5, 5.41) is 5.68. The molecular weight excluding hydrogens is 318 g/mol. The molecule has 0 saturated carbocycles. The van der Waals surface area contributed by atoms with Crippen LogP contribution in [0.25, 0.3) is 0 Å². The maximum atomic E-state index is 12.2. The van der Waals surface area contributed by atoms with Crippen molar-refractivity contribution in [1.82, 2.24) is 10.2 Å². The molecule has 0 atom stereocenters. The summed E-state index contributed by atoms with van der Waals surface area (Å²) >= 11 is 0. The molecular formula is C19H31N3O3. The van der Waals surface area contributed by atoms with Gasteiger partial charge in [0.2, 0.25) is 5.91 Å². The molecule has 3 amide bonds. The zero-order chi connectivity index (χ0) is 19.0. The average molecular weight is 349 g/mol. The van der Waals surface area contributed by atoms with Gasteiger partial charge in [-0.15, -0.1) is 0 Å². The second-order valence-electron chi connectivity index (χ2n) is 6.68. The third-order valence-electron chi connectivity index (χ3n) is 3.72. The Labute approximate surface area is 150 Å². The van der Waals surface area contributed by atoms with Gasteiger partial charge >= 0.3 is 6.03 Å². The highest BCUT2D eigenvalue weighted by Crippen LogP contribution is 2.21. The number of urea groups is 1. The third kappa shape index (κ3) is 7.56. The van der Waals surface area contributed by atoms with Gasteiger partial charge in [-0.2, -0.15) is 0 Å². The van der Waals surface area contributed by atoms with Crippen molar-refractivity contribution in [2.75, 3.05) is 32.1 Å². The number of likely N-dealkylation sites (N-methyl/N-ethyl adjacent to an activating group) is 1. The molecule has 140 valence electrons. The van der Waals surface area contributed by atoms with Crippen molar-refractivity contribution in [3.63, 3.8) is 0 Å². The zero-order valence-corrected chi connectivity index (χ0v) is 16.2. The van der Waals surface area contributed by atoms with Crippen molar-refractivity contribution in [2.45, 2.75) is 47.1 Å². The number of nitrogens with zero attached hydrogens (tertiary/aromatic N) is 1. The van der Waals surface area contributed by atoms with Gasteiger partial charge in [0, 0.05) is 25.9 Å². The van der Waals surface area contributed by atoms with Crippen LogP contribution in [0.4, 0.5) is 10.5 Å². The molecule has 0 fully saturated rings. The molecule has 0 radical (unpaired) electrons. The number of hydrogen-bond donors (Lipinski definition) is 2. The Morgan fingerprint density at radius 2 is 1.76 bits per heavy atom. The molecule has 6 nitrogen and oxygen atoms in total. The Kier molecular flexibility index (Phi) is 8.41. The second-order valence-corrected chi connectivity index (χ2v) is 6.68. The SMILES string of the molecule is Cc1cc(C)c(NC(=O)CN(C)C(=O)NCCCOC(C)C)c(C)c1. The number of hydrogen-bond acceptors (Lipinski definition) is 3. The van der Waals surface area contributed by atoms with E-state index in [0.717, 1.165) is 28.8 Å². The fourth-order valence-electron chi connectivity index (χ4n) is 2.56. The van der Waals surface area contributed by atoms with Gasteiger partial charge in [0.25, 0.3) is 0 Å². The van der Waals surface area contributed by atoms with Crippen LogP contribution < -0.4 is 10.6 Å². The molecule has 0 saturated heterocycles. The fraction of sp³-hybridized carbons (Fsp3) is 0.579. The molecule has 1 aromatic carbocycles. The van der Waals surface area contributed by atoms with Crippen LogP contribution in [0.1, 0.15) is 37.0 Å².